The van der Waals surface area contributed by atoms with Crippen LogP contribution in [0.4, 0.5) is 0 Å². The predicted molar refractivity (Wildman–Crippen MR) is 72.9 cm³/mol. The van der Waals surface area contributed by atoms with Gasteiger partial charge in [0.25, 0.3) is 0 Å². The fourth-order valence-electron chi connectivity index (χ4n) is 2.23. The van der Waals surface area contributed by atoms with Crippen LogP contribution < -0.4 is 10.1 Å². The molecule has 0 fully saturated rings. The fourth-order valence-corrected chi connectivity index (χ4v) is 2.23. The van der Waals surface area contributed by atoms with Crippen LogP contribution in [-0.4, -0.2) is 16.6 Å². The van der Waals surface area contributed by atoms with Crippen LogP contribution >= 0.6 is 0 Å². The number of hydrogen-bond acceptors (Lipinski definition) is 5. The summed E-state index contributed by atoms with van der Waals surface area (Å²) in [5, 5.41) is 12.2. The molecule has 1 unspecified atom stereocenters. The summed E-state index contributed by atoms with van der Waals surface area (Å²) in [4.78, 5) is 8.64. The third kappa shape index (κ3) is 2.60. The van der Waals surface area contributed by atoms with Crippen LogP contribution in [0.3, 0.4) is 0 Å². The van der Waals surface area contributed by atoms with Crippen LogP contribution in [0.1, 0.15) is 29.4 Å². The fraction of sp³-hybridized carbons (Fsp3) is 0.267. The molecule has 0 radical (unpaired) electrons. The van der Waals surface area contributed by atoms with E-state index in [4.69, 9.17) is 10.00 Å². The molecule has 1 aliphatic rings. The first-order chi connectivity index (χ1) is 9.86. The molecule has 1 N–H and O–H groups in total. The third-order valence-electron chi connectivity index (χ3n) is 3.28. The van der Waals surface area contributed by atoms with Gasteiger partial charge in [0.05, 0.1) is 29.6 Å². The Labute approximate surface area is 117 Å². The molecule has 0 aromatic carbocycles. The Morgan fingerprint density at radius 3 is 3.10 bits per heavy atom. The molecule has 5 nitrogen and oxygen atoms in total. The summed E-state index contributed by atoms with van der Waals surface area (Å²) in [6.07, 6.45) is 4.26. The molecule has 1 aliphatic heterocycles. The molecule has 0 bridgehead atoms. The predicted octanol–water partition coefficient (Wildman–Crippen LogP) is 1.96. The van der Waals surface area contributed by atoms with E-state index < -0.39 is 0 Å². The number of nitrogens with zero attached hydrogens (tertiary/aromatic N) is 3. The summed E-state index contributed by atoms with van der Waals surface area (Å²) in [6, 6.07) is 9.70. The maximum atomic E-state index is 8.74. The Morgan fingerprint density at radius 1 is 1.35 bits per heavy atom. The van der Waals surface area contributed by atoms with E-state index in [1.807, 2.05) is 18.2 Å². The van der Waals surface area contributed by atoms with Crippen LogP contribution in [-0.2, 0) is 6.54 Å². The van der Waals surface area contributed by atoms with Gasteiger partial charge in [-0.15, -0.1) is 0 Å². The van der Waals surface area contributed by atoms with Crippen LogP contribution in [0.5, 0.6) is 5.75 Å². The summed E-state index contributed by atoms with van der Waals surface area (Å²) in [7, 11) is 0. The molecule has 0 saturated heterocycles. The normalized spacial score (nSPS) is 16.9. The van der Waals surface area contributed by atoms with Gasteiger partial charge in [0.1, 0.15) is 11.8 Å². The molecule has 1 atom stereocenters. The molecule has 2 aromatic heterocycles. The molecule has 0 aliphatic carbocycles. The number of pyridine rings is 2. The lowest BCUT2D eigenvalue weighted by atomic mass is 10.1. The number of rotatable bonds is 3. The van der Waals surface area contributed by atoms with Crippen molar-refractivity contribution in [3.8, 4) is 11.8 Å². The second kappa shape index (κ2) is 5.68. The van der Waals surface area contributed by atoms with E-state index in [0.29, 0.717) is 18.7 Å². The van der Waals surface area contributed by atoms with Crippen molar-refractivity contribution in [3.05, 3.63) is 53.6 Å². The van der Waals surface area contributed by atoms with E-state index >= 15 is 0 Å². The minimum absolute atomic E-state index is 0.178. The van der Waals surface area contributed by atoms with Crippen molar-refractivity contribution in [1.82, 2.24) is 15.3 Å². The second-order valence-electron chi connectivity index (χ2n) is 4.61. The Bertz CT molecular complexity index is 633. The van der Waals surface area contributed by atoms with Crippen LogP contribution in [0.15, 0.2) is 36.7 Å². The Kier molecular flexibility index (Phi) is 3.57. The maximum absolute atomic E-state index is 8.74. The smallest absolute Gasteiger partial charge is 0.142 e. The molecule has 3 heterocycles. The van der Waals surface area contributed by atoms with Crippen LogP contribution in [0.25, 0.3) is 0 Å². The summed E-state index contributed by atoms with van der Waals surface area (Å²) < 4.78 is 5.58. The lowest BCUT2D eigenvalue weighted by molar-refractivity contribution is 0.247. The third-order valence-corrected chi connectivity index (χ3v) is 3.28. The van der Waals surface area contributed by atoms with Gasteiger partial charge >= 0.3 is 0 Å². The van der Waals surface area contributed by atoms with E-state index in [0.717, 1.165) is 23.6 Å². The van der Waals surface area contributed by atoms with Gasteiger partial charge in [-0.25, -0.2) is 0 Å². The van der Waals surface area contributed by atoms with Crippen LogP contribution in [0.2, 0.25) is 0 Å². The molecule has 2 aromatic rings. The summed E-state index contributed by atoms with van der Waals surface area (Å²) >= 11 is 0. The van der Waals surface area contributed by atoms with E-state index in [9.17, 15) is 0 Å². The first-order valence-corrected chi connectivity index (χ1v) is 6.53. The van der Waals surface area contributed by atoms with Crippen molar-refractivity contribution in [2.75, 3.05) is 6.61 Å². The monoisotopic (exact) mass is 266 g/mol. The summed E-state index contributed by atoms with van der Waals surface area (Å²) in [5.41, 5.74) is 2.44. The number of fused-ring (bicyclic) bond motifs is 1. The molecular weight excluding hydrogens is 252 g/mol. The topological polar surface area (TPSA) is 70.8 Å². The number of nitrogens with one attached hydrogen (secondary N) is 1. The van der Waals surface area contributed by atoms with Crippen molar-refractivity contribution in [2.45, 2.75) is 19.0 Å². The van der Waals surface area contributed by atoms with Gasteiger partial charge in [0, 0.05) is 25.4 Å². The van der Waals surface area contributed by atoms with Crippen molar-refractivity contribution >= 4 is 0 Å². The number of nitriles is 1. The van der Waals surface area contributed by atoms with Crippen molar-refractivity contribution in [1.29, 1.82) is 5.26 Å². The average Bonchev–Trinajstić information content (AvgIpc) is 2.53. The van der Waals surface area contributed by atoms with Gasteiger partial charge in [0.2, 0.25) is 0 Å². The highest BCUT2D eigenvalue weighted by Gasteiger charge is 2.21. The molecule has 5 heteroatoms. The Morgan fingerprint density at radius 2 is 2.30 bits per heavy atom. The minimum Gasteiger partial charge on any atom is -0.492 e. The van der Waals surface area contributed by atoms with Crippen LogP contribution in [0, 0.1) is 11.3 Å². The molecule has 20 heavy (non-hydrogen) atoms. The van der Waals surface area contributed by atoms with E-state index in [1.165, 1.54) is 0 Å². The Hall–Kier alpha value is -2.45. The lowest BCUT2D eigenvalue weighted by Crippen LogP contribution is -2.27. The van der Waals surface area contributed by atoms with Gasteiger partial charge in [-0.05, 0) is 24.3 Å². The standard InChI is InChI=1S/C15H14N4O/c16-8-11-3-4-12(18-9-11)10-19-13-5-7-20-14-2-1-6-17-15(13)14/h1-4,6,9,13,19H,5,7,10H2. The van der Waals surface area contributed by atoms with Gasteiger partial charge in [0.15, 0.2) is 0 Å². The summed E-state index contributed by atoms with van der Waals surface area (Å²) in [5.74, 6) is 0.851. The highest BCUT2D eigenvalue weighted by Crippen LogP contribution is 2.29. The first kappa shape index (κ1) is 12.6. The zero-order valence-corrected chi connectivity index (χ0v) is 10.9. The average molecular weight is 266 g/mol. The van der Waals surface area contributed by atoms with Gasteiger partial charge in [-0.3, -0.25) is 9.97 Å². The van der Waals surface area contributed by atoms with Gasteiger partial charge < -0.3 is 10.1 Å². The largest absolute Gasteiger partial charge is 0.492 e. The first-order valence-electron chi connectivity index (χ1n) is 6.53. The maximum Gasteiger partial charge on any atom is 0.142 e. The summed E-state index contributed by atoms with van der Waals surface area (Å²) in [6.45, 7) is 1.34. The van der Waals surface area contributed by atoms with Gasteiger partial charge in [-0.1, -0.05) is 0 Å². The molecular formula is C15H14N4O. The molecule has 0 spiro atoms. The number of hydrogen-bond donors (Lipinski definition) is 1. The zero-order valence-electron chi connectivity index (χ0n) is 10.9. The molecule has 3 rings (SSSR count). The SMILES string of the molecule is N#Cc1ccc(CNC2CCOc3cccnc32)nc1. The number of aromatic nitrogens is 2. The van der Waals surface area contributed by atoms with Crippen molar-refractivity contribution in [2.24, 2.45) is 0 Å². The second-order valence-corrected chi connectivity index (χ2v) is 4.61. The molecule has 0 amide bonds. The minimum atomic E-state index is 0.178. The van der Waals surface area contributed by atoms with Gasteiger partial charge in [-0.2, -0.15) is 5.26 Å². The highest BCUT2D eigenvalue weighted by atomic mass is 16.5. The van der Waals surface area contributed by atoms with E-state index in [1.54, 1.807) is 18.5 Å². The van der Waals surface area contributed by atoms with E-state index in [-0.39, 0.29) is 6.04 Å². The van der Waals surface area contributed by atoms with Crippen molar-refractivity contribution in [3.63, 3.8) is 0 Å². The zero-order chi connectivity index (χ0) is 13.8. The lowest BCUT2D eigenvalue weighted by Gasteiger charge is -2.25. The molecule has 100 valence electrons. The Balaban J connectivity index is 1.68. The van der Waals surface area contributed by atoms with Crippen molar-refractivity contribution < 1.29 is 4.74 Å². The quantitative estimate of drug-likeness (QED) is 0.919. The van der Waals surface area contributed by atoms with E-state index in [2.05, 4.69) is 21.4 Å². The number of ether oxygens (including phenoxy) is 1. The molecule has 0 saturated carbocycles. The highest BCUT2D eigenvalue weighted by molar-refractivity contribution is 5.31.